The lowest BCUT2D eigenvalue weighted by Gasteiger charge is -2.32. The zero-order chi connectivity index (χ0) is 13.7. The fourth-order valence-corrected chi connectivity index (χ4v) is 2.86. The summed E-state index contributed by atoms with van der Waals surface area (Å²) in [5.74, 6) is 0. The number of aliphatic hydroxyl groups excluding tert-OH is 1. The average Bonchev–Trinajstić information content (AvgIpc) is 2.39. The van der Waals surface area contributed by atoms with Gasteiger partial charge < -0.3 is 5.11 Å². The average molecular weight is 256 g/mol. The summed E-state index contributed by atoms with van der Waals surface area (Å²) in [5.41, 5.74) is 0.250. The van der Waals surface area contributed by atoms with E-state index in [1.807, 2.05) is 0 Å². The molecule has 0 spiro atoms. The third kappa shape index (κ3) is 8.13. The van der Waals surface area contributed by atoms with Crippen LogP contribution in [0.2, 0.25) is 0 Å². The first-order valence-electron chi connectivity index (χ1n) is 8.35. The Kier molecular flexibility index (Phi) is 12.0. The van der Waals surface area contributed by atoms with Gasteiger partial charge in [0, 0.05) is 6.61 Å². The van der Waals surface area contributed by atoms with Crippen LogP contribution < -0.4 is 0 Å². The Labute approximate surface area is 115 Å². The van der Waals surface area contributed by atoms with E-state index in [1.165, 1.54) is 77.0 Å². The van der Waals surface area contributed by atoms with Gasteiger partial charge in [-0.2, -0.15) is 0 Å². The molecule has 1 heteroatoms. The Morgan fingerprint density at radius 1 is 0.611 bits per heavy atom. The maximum atomic E-state index is 9.87. The Balaban J connectivity index is 4.20. The Bertz CT molecular complexity index is 138. The van der Waals surface area contributed by atoms with E-state index < -0.39 is 0 Å². The van der Waals surface area contributed by atoms with Crippen molar-refractivity contribution in [2.45, 2.75) is 97.8 Å². The summed E-state index contributed by atoms with van der Waals surface area (Å²) in [6, 6.07) is 0. The van der Waals surface area contributed by atoms with Gasteiger partial charge in [0.05, 0.1) is 0 Å². The number of rotatable bonds is 13. The van der Waals surface area contributed by atoms with E-state index in [0.717, 1.165) is 0 Å². The summed E-state index contributed by atoms with van der Waals surface area (Å²) in [5, 5.41) is 9.87. The second-order valence-electron chi connectivity index (χ2n) is 6.03. The quantitative estimate of drug-likeness (QED) is 0.419. The van der Waals surface area contributed by atoms with Gasteiger partial charge in [0.15, 0.2) is 0 Å². The van der Waals surface area contributed by atoms with Crippen molar-refractivity contribution in [1.29, 1.82) is 0 Å². The molecule has 0 aliphatic rings. The van der Waals surface area contributed by atoms with Gasteiger partial charge in [-0.25, -0.2) is 0 Å². The largest absolute Gasteiger partial charge is 0.396 e. The molecule has 1 N–H and O–H groups in total. The van der Waals surface area contributed by atoms with Crippen molar-refractivity contribution in [2.75, 3.05) is 6.61 Å². The van der Waals surface area contributed by atoms with Crippen LogP contribution in [0.15, 0.2) is 0 Å². The molecule has 1 nitrogen and oxygen atoms in total. The van der Waals surface area contributed by atoms with Gasteiger partial charge in [0.2, 0.25) is 0 Å². The summed E-state index contributed by atoms with van der Waals surface area (Å²) in [6.07, 6.45) is 15.4. The highest BCUT2D eigenvalue weighted by atomic mass is 16.3. The first-order chi connectivity index (χ1) is 8.74. The lowest BCUT2D eigenvalue weighted by atomic mass is 9.75. The van der Waals surface area contributed by atoms with Crippen LogP contribution in [0.4, 0.5) is 0 Å². The second-order valence-corrected chi connectivity index (χ2v) is 6.03. The molecule has 0 rings (SSSR count). The minimum Gasteiger partial charge on any atom is -0.396 e. The molecule has 0 fully saturated rings. The molecule has 0 saturated carbocycles. The van der Waals surface area contributed by atoms with Crippen LogP contribution in [0.1, 0.15) is 97.8 Å². The predicted octanol–water partition coefficient (Wildman–Crippen LogP) is 5.71. The highest BCUT2D eigenvalue weighted by Crippen LogP contribution is 2.36. The van der Waals surface area contributed by atoms with E-state index in [1.54, 1.807) is 0 Å². The first kappa shape index (κ1) is 18.0. The number of aliphatic hydroxyl groups is 1. The monoisotopic (exact) mass is 256 g/mol. The van der Waals surface area contributed by atoms with Gasteiger partial charge in [0.25, 0.3) is 0 Å². The molecule has 18 heavy (non-hydrogen) atoms. The van der Waals surface area contributed by atoms with Crippen molar-refractivity contribution in [3.05, 3.63) is 0 Å². The van der Waals surface area contributed by atoms with Crippen molar-refractivity contribution >= 4 is 0 Å². The fraction of sp³-hybridized carbons (Fsp3) is 1.00. The first-order valence-corrected chi connectivity index (χ1v) is 8.35. The third-order valence-corrected chi connectivity index (χ3v) is 4.27. The molecule has 110 valence electrons. The molecular formula is C17H36O. The van der Waals surface area contributed by atoms with Gasteiger partial charge in [0.1, 0.15) is 0 Å². The van der Waals surface area contributed by atoms with Crippen LogP contribution in [0, 0.1) is 5.41 Å². The highest BCUT2D eigenvalue weighted by molar-refractivity contribution is 4.79. The van der Waals surface area contributed by atoms with Crippen molar-refractivity contribution in [2.24, 2.45) is 5.41 Å². The maximum absolute atomic E-state index is 9.87. The molecule has 0 aromatic rings. The van der Waals surface area contributed by atoms with Crippen LogP contribution in [0.3, 0.4) is 0 Å². The molecule has 0 amide bonds. The Morgan fingerprint density at radius 3 is 1.17 bits per heavy atom. The van der Waals surface area contributed by atoms with E-state index in [0.29, 0.717) is 6.61 Å². The zero-order valence-electron chi connectivity index (χ0n) is 13.1. The zero-order valence-corrected chi connectivity index (χ0v) is 13.1. The van der Waals surface area contributed by atoms with Crippen LogP contribution in [0.25, 0.3) is 0 Å². The topological polar surface area (TPSA) is 20.2 Å². The Hall–Kier alpha value is -0.0400. The molecular weight excluding hydrogens is 220 g/mol. The van der Waals surface area contributed by atoms with Crippen LogP contribution >= 0.6 is 0 Å². The van der Waals surface area contributed by atoms with Gasteiger partial charge in [-0.05, 0) is 24.7 Å². The van der Waals surface area contributed by atoms with E-state index in [9.17, 15) is 5.11 Å². The van der Waals surface area contributed by atoms with E-state index >= 15 is 0 Å². The third-order valence-electron chi connectivity index (χ3n) is 4.27. The molecule has 0 radical (unpaired) electrons. The van der Waals surface area contributed by atoms with Crippen molar-refractivity contribution in [3.63, 3.8) is 0 Å². The van der Waals surface area contributed by atoms with Crippen molar-refractivity contribution in [3.8, 4) is 0 Å². The summed E-state index contributed by atoms with van der Waals surface area (Å²) >= 11 is 0. The van der Waals surface area contributed by atoms with Gasteiger partial charge in [-0.1, -0.05) is 78.6 Å². The normalized spacial score (nSPS) is 12.0. The molecule has 0 atom stereocenters. The van der Waals surface area contributed by atoms with E-state index in [2.05, 4.69) is 20.8 Å². The lowest BCUT2D eigenvalue weighted by Crippen LogP contribution is -2.25. The smallest absolute Gasteiger partial charge is 0.0487 e. The molecule has 0 aliphatic heterocycles. The lowest BCUT2D eigenvalue weighted by molar-refractivity contribution is 0.0861. The predicted molar refractivity (Wildman–Crippen MR) is 81.9 cm³/mol. The van der Waals surface area contributed by atoms with Crippen LogP contribution in [0.5, 0.6) is 0 Å². The minimum absolute atomic E-state index is 0.250. The molecule has 0 saturated heterocycles. The number of hydrogen-bond acceptors (Lipinski definition) is 1. The Morgan fingerprint density at radius 2 is 0.944 bits per heavy atom. The molecule has 0 unspecified atom stereocenters. The minimum atomic E-state index is 0.250. The van der Waals surface area contributed by atoms with Crippen molar-refractivity contribution < 1.29 is 5.11 Å². The summed E-state index contributed by atoms with van der Waals surface area (Å²) < 4.78 is 0. The molecule has 0 aromatic carbocycles. The standard InChI is InChI=1S/C17H36O/c1-4-7-10-13-17(16-18,14-11-8-5-2)15-12-9-6-3/h18H,4-16H2,1-3H3. The molecule has 0 bridgehead atoms. The molecule has 0 aliphatic carbocycles. The van der Waals surface area contributed by atoms with Crippen LogP contribution in [-0.4, -0.2) is 11.7 Å². The highest BCUT2D eigenvalue weighted by Gasteiger charge is 2.27. The van der Waals surface area contributed by atoms with Gasteiger partial charge in [-0.15, -0.1) is 0 Å². The van der Waals surface area contributed by atoms with E-state index in [-0.39, 0.29) is 5.41 Å². The number of unbranched alkanes of at least 4 members (excludes halogenated alkanes) is 6. The SMILES string of the molecule is CCCCCC(CO)(CCCCC)CCCCC. The molecule has 0 heterocycles. The van der Waals surface area contributed by atoms with Crippen molar-refractivity contribution in [1.82, 2.24) is 0 Å². The fourth-order valence-electron chi connectivity index (χ4n) is 2.86. The molecule has 0 aromatic heterocycles. The van der Waals surface area contributed by atoms with E-state index in [4.69, 9.17) is 0 Å². The number of hydrogen-bond donors (Lipinski definition) is 1. The summed E-state index contributed by atoms with van der Waals surface area (Å²) in [6.45, 7) is 7.18. The maximum Gasteiger partial charge on any atom is 0.0487 e. The summed E-state index contributed by atoms with van der Waals surface area (Å²) in [4.78, 5) is 0. The van der Waals surface area contributed by atoms with Gasteiger partial charge >= 0.3 is 0 Å². The van der Waals surface area contributed by atoms with Crippen LogP contribution in [-0.2, 0) is 0 Å². The second kappa shape index (κ2) is 12.0. The summed E-state index contributed by atoms with van der Waals surface area (Å²) in [7, 11) is 0. The van der Waals surface area contributed by atoms with Gasteiger partial charge in [-0.3, -0.25) is 0 Å².